The molecular weight excluding hydrogens is 272 g/mol. The highest BCUT2D eigenvalue weighted by molar-refractivity contribution is 9.10. The predicted octanol–water partition coefficient (Wildman–Crippen LogP) is 2.30. The second-order valence-electron chi connectivity index (χ2n) is 2.96. The van der Waals surface area contributed by atoms with Crippen molar-refractivity contribution in [1.29, 1.82) is 5.26 Å². The molecule has 16 heavy (non-hydrogen) atoms. The van der Waals surface area contributed by atoms with Crippen molar-refractivity contribution in [2.24, 2.45) is 0 Å². The van der Waals surface area contributed by atoms with Crippen molar-refractivity contribution in [2.75, 3.05) is 18.5 Å². The van der Waals surface area contributed by atoms with Gasteiger partial charge in [-0.1, -0.05) is 15.9 Å². The van der Waals surface area contributed by atoms with Crippen LogP contribution in [0.2, 0.25) is 0 Å². The van der Waals surface area contributed by atoms with Crippen molar-refractivity contribution in [3.8, 4) is 6.07 Å². The Hall–Kier alpha value is -1.54. The maximum Gasteiger partial charge on any atom is 0.325 e. The van der Waals surface area contributed by atoms with E-state index in [1.807, 2.05) is 6.07 Å². The van der Waals surface area contributed by atoms with E-state index in [9.17, 15) is 4.79 Å². The minimum Gasteiger partial charge on any atom is -0.465 e. The highest BCUT2D eigenvalue weighted by Gasteiger charge is 2.05. The Morgan fingerprint density at radius 2 is 2.38 bits per heavy atom. The average molecular weight is 283 g/mol. The van der Waals surface area contributed by atoms with Crippen molar-refractivity contribution in [2.45, 2.75) is 6.92 Å². The fourth-order valence-corrected chi connectivity index (χ4v) is 1.50. The molecule has 0 aliphatic heterocycles. The molecular formula is C11H11BrN2O2. The van der Waals surface area contributed by atoms with E-state index >= 15 is 0 Å². The number of benzene rings is 1. The smallest absolute Gasteiger partial charge is 0.325 e. The van der Waals surface area contributed by atoms with Crippen molar-refractivity contribution in [3.05, 3.63) is 28.2 Å². The van der Waals surface area contributed by atoms with Gasteiger partial charge in [-0.2, -0.15) is 5.26 Å². The number of anilines is 1. The number of ether oxygens (including phenoxy) is 1. The van der Waals surface area contributed by atoms with Gasteiger partial charge in [-0.05, 0) is 25.1 Å². The van der Waals surface area contributed by atoms with Gasteiger partial charge in [0.05, 0.1) is 17.9 Å². The second kappa shape index (κ2) is 6.13. The van der Waals surface area contributed by atoms with Gasteiger partial charge >= 0.3 is 5.97 Å². The van der Waals surface area contributed by atoms with Crippen LogP contribution in [-0.4, -0.2) is 19.1 Å². The van der Waals surface area contributed by atoms with Crippen LogP contribution in [0.25, 0.3) is 0 Å². The molecule has 1 rings (SSSR count). The fourth-order valence-electron chi connectivity index (χ4n) is 1.14. The maximum atomic E-state index is 11.1. The summed E-state index contributed by atoms with van der Waals surface area (Å²) < 4.78 is 5.59. The van der Waals surface area contributed by atoms with E-state index in [4.69, 9.17) is 10.00 Å². The number of esters is 1. The standard InChI is InChI=1S/C11H11BrN2O2/c1-2-16-11(15)7-14-10-4-3-9(12)5-8(10)6-13/h3-5,14H,2,7H2,1H3. The summed E-state index contributed by atoms with van der Waals surface area (Å²) >= 11 is 3.27. The van der Waals surface area contributed by atoms with Gasteiger partial charge in [-0.15, -0.1) is 0 Å². The zero-order chi connectivity index (χ0) is 12.0. The van der Waals surface area contributed by atoms with Crippen LogP contribution in [0.3, 0.4) is 0 Å². The van der Waals surface area contributed by atoms with Crippen LogP contribution in [-0.2, 0) is 9.53 Å². The normalized spacial score (nSPS) is 9.31. The highest BCUT2D eigenvalue weighted by atomic mass is 79.9. The highest BCUT2D eigenvalue weighted by Crippen LogP contribution is 2.19. The molecule has 0 saturated carbocycles. The molecule has 1 N–H and O–H groups in total. The van der Waals surface area contributed by atoms with E-state index in [0.29, 0.717) is 17.9 Å². The average Bonchev–Trinajstić information content (AvgIpc) is 2.27. The molecule has 0 aliphatic carbocycles. The molecule has 84 valence electrons. The van der Waals surface area contributed by atoms with Gasteiger partial charge in [0.15, 0.2) is 0 Å². The number of hydrogen-bond donors (Lipinski definition) is 1. The SMILES string of the molecule is CCOC(=O)CNc1ccc(Br)cc1C#N. The summed E-state index contributed by atoms with van der Waals surface area (Å²) in [5.41, 5.74) is 1.11. The Morgan fingerprint density at radius 1 is 1.62 bits per heavy atom. The van der Waals surface area contributed by atoms with Gasteiger partial charge in [0.1, 0.15) is 12.6 Å². The number of rotatable bonds is 4. The number of nitriles is 1. The van der Waals surface area contributed by atoms with Crippen LogP contribution in [0.4, 0.5) is 5.69 Å². The number of hydrogen-bond acceptors (Lipinski definition) is 4. The lowest BCUT2D eigenvalue weighted by molar-refractivity contribution is -0.140. The molecule has 0 heterocycles. The van der Waals surface area contributed by atoms with Crippen LogP contribution in [0.1, 0.15) is 12.5 Å². The first-order chi connectivity index (χ1) is 7.67. The summed E-state index contributed by atoms with van der Waals surface area (Å²) in [4.78, 5) is 11.1. The molecule has 0 amide bonds. The van der Waals surface area contributed by atoms with Gasteiger partial charge in [-0.25, -0.2) is 0 Å². The molecule has 0 bridgehead atoms. The largest absolute Gasteiger partial charge is 0.465 e. The number of carbonyl (C=O) groups excluding carboxylic acids is 1. The van der Waals surface area contributed by atoms with Crippen LogP contribution in [0, 0.1) is 11.3 Å². The van der Waals surface area contributed by atoms with Gasteiger partial charge in [0.2, 0.25) is 0 Å². The molecule has 1 aromatic rings. The third-order valence-corrected chi connectivity index (χ3v) is 2.32. The molecule has 1 aromatic carbocycles. The van der Waals surface area contributed by atoms with E-state index in [-0.39, 0.29) is 12.5 Å². The number of nitrogens with one attached hydrogen (secondary N) is 1. The molecule has 0 fully saturated rings. The minimum absolute atomic E-state index is 0.0597. The first-order valence-corrected chi connectivity index (χ1v) is 5.55. The fraction of sp³-hybridized carbons (Fsp3) is 0.273. The summed E-state index contributed by atoms with van der Waals surface area (Å²) in [5.74, 6) is -0.339. The second-order valence-corrected chi connectivity index (χ2v) is 3.88. The van der Waals surface area contributed by atoms with Crippen LogP contribution >= 0.6 is 15.9 Å². The van der Waals surface area contributed by atoms with Gasteiger partial charge in [0, 0.05) is 4.47 Å². The summed E-state index contributed by atoms with van der Waals surface area (Å²) in [6.45, 7) is 2.16. The summed E-state index contributed by atoms with van der Waals surface area (Å²) in [5, 5.41) is 11.7. The molecule has 0 saturated heterocycles. The Labute approximate surface area is 102 Å². The third-order valence-electron chi connectivity index (χ3n) is 1.83. The Balaban J connectivity index is 2.67. The lowest BCUT2D eigenvalue weighted by Crippen LogP contribution is -2.17. The van der Waals surface area contributed by atoms with Crippen molar-refractivity contribution < 1.29 is 9.53 Å². The van der Waals surface area contributed by atoms with E-state index < -0.39 is 0 Å². The molecule has 0 aromatic heterocycles. The number of carbonyl (C=O) groups is 1. The molecule has 4 nitrogen and oxygen atoms in total. The van der Waals surface area contributed by atoms with Gasteiger partial charge in [-0.3, -0.25) is 4.79 Å². The quantitative estimate of drug-likeness (QED) is 0.861. The van der Waals surface area contributed by atoms with E-state index in [1.165, 1.54) is 0 Å². The topological polar surface area (TPSA) is 62.1 Å². The molecule has 0 unspecified atom stereocenters. The molecule has 0 spiro atoms. The van der Waals surface area contributed by atoms with Crippen LogP contribution in [0.5, 0.6) is 0 Å². The van der Waals surface area contributed by atoms with Crippen molar-refractivity contribution >= 4 is 27.6 Å². The summed E-state index contributed by atoms with van der Waals surface area (Å²) in [6, 6.07) is 7.27. The third kappa shape index (κ3) is 3.55. The van der Waals surface area contributed by atoms with Gasteiger partial charge in [0.25, 0.3) is 0 Å². The molecule has 0 radical (unpaired) electrons. The number of nitrogens with zero attached hydrogens (tertiary/aromatic N) is 1. The summed E-state index contributed by atoms with van der Waals surface area (Å²) in [7, 11) is 0. The maximum absolute atomic E-state index is 11.1. The van der Waals surface area contributed by atoms with E-state index in [1.54, 1.807) is 25.1 Å². The zero-order valence-electron chi connectivity index (χ0n) is 8.79. The Morgan fingerprint density at radius 3 is 3.00 bits per heavy atom. The zero-order valence-corrected chi connectivity index (χ0v) is 10.4. The Kier molecular flexibility index (Phi) is 4.80. The van der Waals surface area contributed by atoms with Crippen molar-refractivity contribution in [3.63, 3.8) is 0 Å². The van der Waals surface area contributed by atoms with Gasteiger partial charge < -0.3 is 10.1 Å². The molecule has 5 heteroatoms. The minimum atomic E-state index is -0.339. The van der Waals surface area contributed by atoms with Crippen LogP contribution < -0.4 is 5.32 Å². The summed E-state index contributed by atoms with van der Waals surface area (Å²) in [6.07, 6.45) is 0. The number of halogens is 1. The van der Waals surface area contributed by atoms with E-state index in [0.717, 1.165) is 4.47 Å². The molecule has 0 aliphatic rings. The first kappa shape index (κ1) is 12.5. The monoisotopic (exact) mass is 282 g/mol. The van der Waals surface area contributed by atoms with Crippen LogP contribution in [0.15, 0.2) is 22.7 Å². The van der Waals surface area contributed by atoms with Crippen molar-refractivity contribution in [1.82, 2.24) is 0 Å². The van der Waals surface area contributed by atoms with E-state index in [2.05, 4.69) is 21.2 Å². The molecule has 0 atom stereocenters. The lowest BCUT2D eigenvalue weighted by atomic mass is 10.2. The first-order valence-electron chi connectivity index (χ1n) is 4.76. The predicted molar refractivity (Wildman–Crippen MR) is 64.0 cm³/mol. The lowest BCUT2D eigenvalue weighted by Gasteiger charge is -2.07. The Bertz CT molecular complexity index is 426.